The van der Waals surface area contributed by atoms with Gasteiger partial charge in [-0.05, 0) is 26.4 Å². The number of rotatable bonds is 10. The van der Waals surface area contributed by atoms with Gasteiger partial charge in [0.05, 0.1) is 12.3 Å². The number of aryl methyl sites for hydroxylation is 1. The molecule has 2 aliphatic rings. The number of aromatic nitrogens is 8. The van der Waals surface area contributed by atoms with Gasteiger partial charge in [0.1, 0.15) is 30.0 Å². The smallest absolute Gasteiger partial charge is 0.352 e. The lowest BCUT2D eigenvalue weighted by Gasteiger charge is -2.49. The molecular weight excluding hydrogens is 514 g/mol. The van der Waals surface area contributed by atoms with Crippen molar-refractivity contribution in [3.05, 3.63) is 17.6 Å². The molecule has 34 heavy (non-hydrogen) atoms. The fourth-order valence-corrected chi connectivity index (χ4v) is 6.03. The van der Waals surface area contributed by atoms with Crippen LogP contribution in [0.15, 0.2) is 22.8 Å². The van der Waals surface area contributed by atoms with Crippen LogP contribution in [0.25, 0.3) is 0 Å². The molecule has 1 saturated heterocycles. The van der Waals surface area contributed by atoms with Crippen LogP contribution in [0.5, 0.6) is 0 Å². The maximum absolute atomic E-state index is 12.7. The summed E-state index contributed by atoms with van der Waals surface area (Å²) in [5, 5.41) is 38.5. The van der Waals surface area contributed by atoms with Gasteiger partial charge < -0.3 is 10.4 Å². The molecule has 2 aromatic rings. The number of β-lactam (4-membered cyclic amide) rings is 1. The average Bonchev–Trinajstić information content (AvgIpc) is 3.45. The highest BCUT2D eigenvalue weighted by molar-refractivity contribution is 8.01. The molecule has 0 bridgehead atoms. The Morgan fingerprint density at radius 1 is 1.32 bits per heavy atom. The molecule has 0 saturated carbocycles. The van der Waals surface area contributed by atoms with Crippen LogP contribution >= 0.6 is 23.5 Å². The lowest BCUT2D eigenvalue weighted by molar-refractivity contribution is -0.150. The highest BCUT2D eigenvalue weighted by Gasteiger charge is 2.54. The van der Waals surface area contributed by atoms with E-state index in [9.17, 15) is 27.9 Å². The van der Waals surface area contributed by atoms with Crippen molar-refractivity contribution in [3.8, 4) is 0 Å². The van der Waals surface area contributed by atoms with Crippen LogP contribution in [0.3, 0.4) is 0 Å². The number of nitrogens with two attached hydrogens (primary N) is 1. The van der Waals surface area contributed by atoms with Gasteiger partial charge in [-0.2, -0.15) is 0 Å². The minimum atomic E-state index is -3.71. The first kappa shape index (κ1) is 24.0. The molecule has 0 radical (unpaired) electrons. The number of fused-ring (bicyclic) bond motifs is 1. The van der Waals surface area contributed by atoms with Gasteiger partial charge in [-0.3, -0.25) is 14.5 Å². The number of carboxylic acids is 1. The topological polar surface area (TPSA) is 234 Å². The molecule has 2 atom stereocenters. The second-order valence-corrected chi connectivity index (χ2v) is 10.8. The third kappa shape index (κ3) is 5.18. The third-order valence-electron chi connectivity index (χ3n) is 4.73. The number of primary sulfonamides is 1. The number of aliphatic carboxylic acids is 1. The average molecular weight is 532 g/mol. The largest absolute Gasteiger partial charge is 0.477 e. The number of carbonyl (C=O) groups excluding carboxylic acids is 2. The van der Waals surface area contributed by atoms with Crippen LogP contribution in [0, 0.1) is 0 Å². The predicted molar refractivity (Wildman–Crippen MR) is 114 cm³/mol. The predicted octanol–water partition coefficient (Wildman–Crippen LogP) is -3.52. The molecule has 4 heterocycles. The Kier molecular flexibility index (Phi) is 6.81. The minimum Gasteiger partial charge on any atom is -0.477 e. The summed E-state index contributed by atoms with van der Waals surface area (Å²) < 4.78 is 24.8. The monoisotopic (exact) mass is 531 g/mol. The lowest BCUT2D eigenvalue weighted by Crippen LogP contribution is -2.70. The summed E-state index contributed by atoms with van der Waals surface area (Å²) >= 11 is 2.42. The van der Waals surface area contributed by atoms with Crippen LogP contribution in [0.4, 0.5) is 0 Å². The number of hydrogen-bond acceptors (Lipinski definition) is 13. The number of carbonyl (C=O) groups is 3. The Hall–Kier alpha value is -3.10. The van der Waals surface area contributed by atoms with Crippen molar-refractivity contribution in [1.82, 2.24) is 50.6 Å². The van der Waals surface area contributed by atoms with Gasteiger partial charge in [0.2, 0.25) is 21.1 Å². The van der Waals surface area contributed by atoms with Gasteiger partial charge >= 0.3 is 5.97 Å². The van der Waals surface area contributed by atoms with Gasteiger partial charge in [-0.25, -0.2) is 27.7 Å². The van der Waals surface area contributed by atoms with E-state index < -0.39 is 39.2 Å². The number of sulfonamides is 1. The standard InChI is InChI=1S/C14H17N11O6S3/c15-34(30,31)2-1-24-14(18-20-22-24)33-5-7-4-32-12-9(11(27)25(12)10(7)13(28)29)17-8(26)3-23-6-16-19-21-23/h6,9,12H,1-5H2,(H,17,26)(H,28,29)(H2,15,30,31). The van der Waals surface area contributed by atoms with Crippen LogP contribution in [0.1, 0.15) is 0 Å². The van der Waals surface area contributed by atoms with E-state index in [1.54, 1.807) is 0 Å². The molecule has 0 spiro atoms. The van der Waals surface area contributed by atoms with Gasteiger partial charge in [-0.15, -0.1) is 22.0 Å². The molecular formula is C14H17N11O6S3. The minimum absolute atomic E-state index is 0.0630. The number of thioether (sulfide) groups is 2. The van der Waals surface area contributed by atoms with Crippen molar-refractivity contribution in [2.45, 2.75) is 29.7 Å². The van der Waals surface area contributed by atoms with Crippen LogP contribution < -0.4 is 10.5 Å². The normalized spacial score (nSPS) is 20.1. The molecule has 20 heteroatoms. The molecule has 0 aromatic carbocycles. The first-order valence-corrected chi connectivity index (χ1v) is 13.2. The van der Waals surface area contributed by atoms with E-state index in [1.165, 1.54) is 27.5 Å². The van der Waals surface area contributed by atoms with Gasteiger partial charge in [0.25, 0.3) is 5.91 Å². The van der Waals surface area contributed by atoms with Gasteiger partial charge in [-0.1, -0.05) is 11.8 Å². The first-order chi connectivity index (χ1) is 16.1. The Morgan fingerprint density at radius 2 is 2.12 bits per heavy atom. The summed E-state index contributed by atoms with van der Waals surface area (Å²) in [6, 6.07) is -0.872. The van der Waals surface area contributed by atoms with Crippen molar-refractivity contribution >= 4 is 51.3 Å². The maximum atomic E-state index is 12.7. The van der Waals surface area contributed by atoms with Crippen molar-refractivity contribution in [3.63, 3.8) is 0 Å². The molecule has 2 amide bonds. The summed E-state index contributed by atoms with van der Waals surface area (Å²) in [6.07, 6.45) is 1.25. The van der Waals surface area contributed by atoms with Crippen LogP contribution in [-0.4, -0.2) is 105 Å². The molecule has 0 aliphatic carbocycles. The summed E-state index contributed by atoms with van der Waals surface area (Å²) in [7, 11) is -3.71. The highest BCUT2D eigenvalue weighted by Crippen LogP contribution is 2.41. The molecule has 2 aliphatic heterocycles. The zero-order valence-electron chi connectivity index (χ0n) is 17.1. The number of nitrogens with one attached hydrogen (secondary N) is 1. The summed E-state index contributed by atoms with van der Waals surface area (Å²) in [5.74, 6) is -2.23. The van der Waals surface area contributed by atoms with E-state index in [4.69, 9.17) is 5.14 Å². The molecule has 17 nitrogen and oxygen atoms in total. The second-order valence-electron chi connectivity index (χ2n) is 7.06. The number of amides is 2. The Labute approximate surface area is 199 Å². The quantitative estimate of drug-likeness (QED) is 0.199. The van der Waals surface area contributed by atoms with Gasteiger partial charge in [0.15, 0.2) is 0 Å². The van der Waals surface area contributed by atoms with E-state index in [2.05, 4.69) is 36.4 Å². The molecule has 1 fully saturated rings. The summed E-state index contributed by atoms with van der Waals surface area (Å²) in [5.41, 5.74) is 0.308. The number of hydrogen-bond donors (Lipinski definition) is 3. The van der Waals surface area contributed by atoms with E-state index in [-0.39, 0.29) is 35.4 Å². The number of nitrogens with zero attached hydrogens (tertiary/aromatic N) is 9. The fourth-order valence-electron chi connectivity index (χ4n) is 3.22. The Balaban J connectivity index is 1.42. The summed E-state index contributed by atoms with van der Waals surface area (Å²) in [4.78, 5) is 38.0. The molecule has 182 valence electrons. The van der Waals surface area contributed by atoms with Crippen molar-refractivity contribution < 1.29 is 27.9 Å². The van der Waals surface area contributed by atoms with Crippen LogP contribution in [0.2, 0.25) is 0 Å². The SMILES string of the molecule is NS(=O)(=O)CCn1nnnc1SCC1=C(C(=O)O)N2C(=O)C(NC(=O)Cn3cnnn3)C2SC1. The zero-order valence-corrected chi connectivity index (χ0v) is 19.5. The van der Waals surface area contributed by atoms with Crippen molar-refractivity contribution in [2.24, 2.45) is 5.14 Å². The van der Waals surface area contributed by atoms with Crippen LogP contribution in [-0.2, 0) is 37.5 Å². The van der Waals surface area contributed by atoms with E-state index in [0.29, 0.717) is 11.3 Å². The Morgan fingerprint density at radius 3 is 2.79 bits per heavy atom. The first-order valence-electron chi connectivity index (χ1n) is 9.43. The molecule has 2 unspecified atom stereocenters. The number of tetrazole rings is 2. The third-order valence-corrected chi connectivity index (χ3v) is 7.86. The second kappa shape index (κ2) is 9.64. The number of carboxylic acid groups (broad SMARTS) is 1. The molecule has 4 N–H and O–H groups in total. The van der Waals surface area contributed by atoms with E-state index in [0.717, 1.165) is 16.7 Å². The van der Waals surface area contributed by atoms with Gasteiger partial charge in [0, 0.05) is 11.5 Å². The lowest BCUT2D eigenvalue weighted by atomic mass is 10.0. The molecule has 2 aromatic heterocycles. The van der Waals surface area contributed by atoms with Crippen molar-refractivity contribution in [1.29, 1.82) is 0 Å². The maximum Gasteiger partial charge on any atom is 0.352 e. The van der Waals surface area contributed by atoms with E-state index >= 15 is 0 Å². The highest BCUT2D eigenvalue weighted by atomic mass is 32.2. The van der Waals surface area contributed by atoms with E-state index in [1.807, 2.05) is 0 Å². The fraction of sp³-hybridized carbons (Fsp3) is 0.500. The summed E-state index contributed by atoms with van der Waals surface area (Å²) in [6.45, 7) is -0.246. The Bertz CT molecular complexity index is 1240. The van der Waals surface area contributed by atoms with Crippen molar-refractivity contribution in [2.75, 3.05) is 17.3 Å². The molecule has 4 rings (SSSR count). The zero-order chi connectivity index (χ0) is 24.5.